The summed E-state index contributed by atoms with van der Waals surface area (Å²) < 4.78 is 16.8. The Hall–Kier alpha value is -4.16. The van der Waals surface area contributed by atoms with Gasteiger partial charge in [-0.2, -0.15) is 0 Å². The maximum Gasteiger partial charge on any atom is 0.351 e. The second-order valence-electron chi connectivity index (χ2n) is 9.43. The number of ether oxygens (including phenoxy) is 1. The molecule has 3 aromatic carbocycles. The van der Waals surface area contributed by atoms with E-state index in [1.54, 1.807) is 48.5 Å². The first-order valence-electron chi connectivity index (χ1n) is 11.2. The largest absolute Gasteiger partial charge is 0.452 e. The number of hydrogen-bond donors (Lipinski definition) is 0. The molecule has 6 nitrogen and oxygen atoms in total. The highest BCUT2D eigenvalue weighted by Gasteiger charge is 2.24. The molecular weight excluding hydrogens is 480 g/mol. The maximum absolute atomic E-state index is 13.5. The molecule has 0 fully saturated rings. The van der Waals surface area contributed by atoms with Crippen LogP contribution >= 0.6 is 11.6 Å². The molecule has 0 amide bonds. The summed E-state index contributed by atoms with van der Waals surface area (Å²) in [4.78, 5) is 39.1. The van der Waals surface area contributed by atoms with Crippen LogP contribution in [0, 0.1) is 0 Å². The van der Waals surface area contributed by atoms with Crippen molar-refractivity contribution < 1.29 is 18.4 Å². The third-order valence-electron chi connectivity index (χ3n) is 5.88. The van der Waals surface area contributed by atoms with E-state index in [0.29, 0.717) is 21.6 Å². The van der Waals surface area contributed by atoms with Gasteiger partial charge in [0.25, 0.3) is 0 Å². The summed E-state index contributed by atoms with van der Waals surface area (Å²) in [6.07, 6.45) is 0. The van der Waals surface area contributed by atoms with Crippen molar-refractivity contribution in [1.29, 1.82) is 0 Å². The number of benzene rings is 3. The summed E-state index contributed by atoms with van der Waals surface area (Å²) in [5.41, 5.74) is 0.337. The number of carbonyl (C=O) groups is 1. The van der Waals surface area contributed by atoms with Crippen molar-refractivity contribution >= 4 is 39.5 Å². The van der Waals surface area contributed by atoms with Crippen molar-refractivity contribution in [2.24, 2.45) is 0 Å². The normalized spacial score (nSPS) is 11.7. The molecule has 7 heteroatoms. The molecular formula is C29H21ClO6. The van der Waals surface area contributed by atoms with Crippen LogP contribution in [0.15, 0.2) is 91.2 Å². The van der Waals surface area contributed by atoms with E-state index in [0.717, 1.165) is 5.56 Å². The monoisotopic (exact) mass is 500 g/mol. The van der Waals surface area contributed by atoms with E-state index < -0.39 is 17.0 Å². The average Bonchev–Trinajstić information content (AvgIpc) is 2.85. The Kier molecular flexibility index (Phi) is 5.77. The number of para-hydroxylation sites is 1. The molecule has 0 spiro atoms. The lowest BCUT2D eigenvalue weighted by molar-refractivity contribution is 0.0727. The molecule has 5 rings (SSSR count). The van der Waals surface area contributed by atoms with Gasteiger partial charge in [-0.05, 0) is 41.3 Å². The number of fused-ring (bicyclic) bond motifs is 2. The topological polar surface area (TPSA) is 86.7 Å². The molecule has 2 heterocycles. The van der Waals surface area contributed by atoms with Crippen molar-refractivity contribution in [1.82, 2.24) is 0 Å². The van der Waals surface area contributed by atoms with Gasteiger partial charge in [-0.3, -0.25) is 4.79 Å². The van der Waals surface area contributed by atoms with Crippen molar-refractivity contribution in [3.63, 3.8) is 0 Å². The number of esters is 1. The molecule has 0 aliphatic carbocycles. The van der Waals surface area contributed by atoms with E-state index in [4.69, 9.17) is 25.2 Å². The summed E-state index contributed by atoms with van der Waals surface area (Å²) >= 11 is 6.10. The van der Waals surface area contributed by atoms with E-state index in [2.05, 4.69) is 20.8 Å². The molecule has 0 radical (unpaired) electrons. The third-order valence-corrected chi connectivity index (χ3v) is 6.12. The van der Waals surface area contributed by atoms with E-state index >= 15 is 0 Å². The van der Waals surface area contributed by atoms with Crippen LogP contribution in [0.4, 0.5) is 0 Å². The van der Waals surface area contributed by atoms with E-state index in [1.807, 2.05) is 12.1 Å². The zero-order valence-corrected chi connectivity index (χ0v) is 20.5. The van der Waals surface area contributed by atoms with Crippen molar-refractivity contribution in [2.75, 3.05) is 0 Å². The van der Waals surface area contributed by atoms with E-state index in [1.165, 1.54) is 12.1 Å². The predicted molar refractivity (Wildman–Crippen MR) is 139 cm³/mol. The Morgan fingerprint density at radius 3 is 2.31 bits per heavy atom. The summed E-state index contributed by atoms with van der Waals surface area (Å²) in [6.45, 7) is 6.26. The number of hydrogen-bond acceptors (Lipinski definition) is 6. The van der Waals surface area contributed by atoms with Crippen LogP contribution in [0.5, 0.6) is 5.75 Å². The first-order chi connectivity index (χ1) is 17.1. The molecule has 0 aliphatic heterocycles. The third kappa shape index (κ3) is 4.32. The summed E-state index contributed by atoms with van der Waals surface area (Å²) in [6, 6.07) is 20.2. The van der Waals surface area contributed by atoms with Gasteiger partial charge in [-0.25, -0.2) is 9.59 Å². The Bertz CT molecular complexity index is 1750. The van der Waals surface area contributed by atoms with Crippen LogP contribution in [0.2, 0.25) is 5.02 Å². The lowest BCUT2D eigenvalue weighted by Crippen LogP contribution is -2.22. The summed E-state index contributed by atoms with van der Waals surface area (Å²) in [5.74, 6) is -1.31. The molecule has 0 N–H and O–H groups in total. The molecule has 5 aromatic rings. The average molecular weight is 501 g/mol. The quantitative estimate of drug-likeness (QED) is 0.201. The molecule has 0 unspecified atom stereocenters. The fraction of sp³-hybridized carbons (Fsp3) is 0.138. The highest BCUT2D eigenvalue weighted by molar-refractivity contribution is 6.31. The fourth-order valence-electron chi connectivity index (χ4n) is 3.91. The second kappa shape index (κ2) is 8.81. The van der Waals surface area contributed by atoms with Gasteiger partial charge in [0.1, 0.15) is 16.7 Å². The first kappa shape index (κ1) is 23.6. The van der Waals surface area contributed by atoms with Gasteiger partial charge < -0.3 is 13.6 Å². The van der Waals surface area contributed by atoms with Gasteiger partial charge in [0.15, 0.2) is 5.76 Å². The van der Waals surface area contributed by atoms with Gasteiger partial charge >= 0.3 is 11.6 Å². The fourth-order valence-corrected chi connectivity index (χ4v) is 4.08. The number of carbonyl (C=O) groups excluding carboxylic acids is 1. The maximum atomic E-state index is 13.5. The zero-order chi connectivity index (χ0) is 25.6. The van der Waals surface area contributed by atoms with Crippen LogP contribution in [0.3, 0.4) is 0 Å². The molecule has 0 saturated carbocycles. The minimum absolute atomic E-state index is 0.0637. The van der Waals surface area contributed by atoms with Crippen molar-refractivity contribution in [3.05, 3.63) is 110 Å². The smallest absolute Gasteiger partial charge is 0.351 e. The van der Waals surface area contributed by atoms with Crippen LogP contribution in [0.25, 0.3) is 33.3 Å². The van der Waals surface area contributed by atoms with Gasteiger partial charge in [0, 0.05) is 16.0 Å². The molecule has 0 bridgehead atoms. The molecule has 0 aliphatic rings. The zero-order valence-electron chi connectivity index (χ0n) is 19.8. The summed E-state index contributed by atoms with van der Waals surface area (Å²) in [7, 11) is 0. The molecule has 0 atom stereocenters. The standard InChI is InChI=1S/C29H21ClO6/c1-29(2,3)18-10-8-16(9-11-18)25-26(24(31)20-15-19(30)12-13-23(20)34-25)36-28(33)21-14-17-6-4-5-7-22(17)35-27(21)32/h4-15H,1-3H3. The molecule has 36 heavy (non-hydrogen) atoms. The Morgan fingerprint density at radius 2 is 1.58 bits per heavy atom. The predicted octanol–water partition coefficient (Wildman–Crippen LogP) is 6.74. The minimum Gasteiger partial charge on any atom is -0.452 e. The first-order valence-corrected chi connectivity index (χ1v) is 11.6. The summed E-state index contributed by atoms with van der Waals surface area (Å²) in [5, 5.41) is 1.01. The van der Waals surface area contributed by atoms with Crippen molar-refractivity contribution in [2.45, 2.75) is 26.2 Å². The van der Waals surface area contributed by atoms with Gasteiger partial charge in [-0.15, -0.1) is 0 Å². The van der Waals surface area contributed by atoms with Gasteiger partial charge in [0.05, 0.1) is 5.39 Å². The molecule has 180 valence electrons. The van der Waals surface area contributed by atoms with E-state index in [9.17, 15) is 14.4 Å². The molecule has 2 aromatic heterocycles. The van der Waals surface area contributed by atoms with Crippen LogP contribution in [-0.4, -0.2) is 5.97 Å². The lowest BCUT2D eigenvalue weighted by atomic mass is 9.86. The second-order valence-corrected chi connectivity index (χ2v) is 9.87. The highest BCUT2D eigenvalue weighted by Crippen LogP contribution is 2.34. The van der Waals surface area contributed by atoms with Crippen LogP contribution in [0.1, 0.15) is 36.7 Å². The van der Waals surface area contributed by atoms with E-state index in [-0.39, 0.29) is 33.5 Å². The van der Waals surface area contributed by atoms with Gasteiger partial charge in [0.2, 0.25) is 11.2 Å². The lowest BCUT2D eigenvalue weighted by Gasteiger charge is -2.19. The minimum atomic E-state index is -1.03. The Morgan fingerprint density at radius 1 is 0.861 bits per heavy atom. The number of rotatable bonds is 3. The van der Waals surface area contributed by atoms with Crippen molar-refractivity contribution in [3.8, 4) is 17.1 Å². The Balaban J connectivity index is 1.67. The number of halogens is 1. The van der Waals surface area contributed by atoms with Gasteiger partial charge in [-0.1, -0.05) is 74.8 Å². The molecule has 0 saturated heterocycles. The van der Waals surface area contributed by atoms with Crippen LogP contribution in [-0.2, 0) is 5.41 Å². The van der Waals surface area contributed by atoms with Crippen LogP contribution < -0.4 is 15.8 Å². The Labute approximate surface area is 210 Å². The highest BCUT2D eigenvalue weighted by atomic mass is 35.5. The SMILES string of the molecule is CC(C)(C)c1ccc(-c2oc3ccc(Cl)cc3c(=O)c2OC(=O)c2cc3ccccc3oc2=O)cc1.